The van der Waals surface area contributed by atoms with Crippen LogP contribution in [0, 0.1) is 11.8 Å². The summed E-state index contributed by atoms with van der Waals surface area (Å²) in [6.07, 6.45) is 19.8. The quantitative estimate of drug-likeness (QED) is 0.515. The molecule has 0 N–H and O–H groups in total. The van der Waals surface area contributed by atoms with Crippen LogP contribution in [-0.4, -0.2) is 0 Å². The lowest BCUT2D eigenvalue weighted by Gasteiger charge is -2.43. The van der Waals surface area contributed by atoms with Gasteiger partial charge in [-0.3, -0.25) is 0 Å². The minimum absolute atomic E-state index is 0.833. The van der Waals surface area contributed by atoms with Gasteiger partial charge in [-0.2, -0.15) is 0 Å². The monoisotopic (exact) mass is 282 g/mol. The Balaban J connectivity index is 1.79. The van der Waals surface area contributed by atoms with E-state index in [-0.39, 0.29) is 0 Å². The first-order chi connectivity index (χ1) is 10.4. The molecule has 0 aliphatic heterocycles. The van der Waals surface area contributed by atoms with Gasteiger partial charge in [0.15, 0.2) is 0 Å². The summed E-state index contributed by atoms with van der Waals surface area (Å²) in [6, 6.07) is 0. The van der Waals surface area contributed by atoms with Crippen molar-refractivity contribution in [3.63, 3.8) is 0 Å². The number of hydrogen-bond acceptors (Lipinski definition) is 0. The van der Waals surface area contributed by atoms with Crippen molar-refractivity contribution in [1.82, 2.24) is 0 Å². The predicted octanol–water partition coefficient (Wildman–Crippen LogP) is 6.49. The number of hydrogen-bond donors (Lipinski definition) is 0. The summed E-state index contributed by atoms with van der Waals surface area (Å²) >= 11 is 0. The third-order valence-electron chi connectivity index (χ3n) is 6.59. The predicted molar refractivity (Wildman–Crippen MR) is 90.2 cm³/mol. The van der Waals surface area contributed by atoms with Crippen molar-refractivity contribution in [3.8, 4) is 0 Å². The maximum Gasteiger partial charge on any atom is 0.00820 e. The molecule has 4 aliphatic carbocycles. The van der Waals surface area contributed by atoms with Crippen molar-refractivity contribution in [2.24, 2.45) is 11.8 Å². The molecule has 0 aromatic rings. The zero-order valence-electron chi connectivity index (χ0n) is 13.7. The molecule has 0 heteroatoms. The van der Waals surface area contributed by atoms with Crippen LogP contribution in [0.5, 0.6) is 0 Å². The minimum atomic E-state index is 0.833. The van der Waals surface area contributed by atoms with Gasteiger partial charge in [0.05, 0.1) is 0 Å². The van der Waals surface area contributed by atoms with Gasteiger partial charge < -0.3 is 0 Å². The molecule has 0 bridgehead atoms. The maximum atomic E-state index is 2.64. The van der Waals surface area contributed by atoms with E-state index >= 15 is 0 Å². The van der Waals surface area contributed by atoms with Crippen LogP contribution in [0.2, 0.25) is 0 Å². The van der Waals surface area contributed by atoms with E-state index in [0.717, 1.165) is 11.8 Å². The second-order valence-corrected chi connectivity index (χ2v) is 7.74. The molecule has 1 atom stereocenters. The van der Waals surface area contributed by atoms with Crippen LogP contribution in [0.4, 0.5) is 0 Å². The largest absolute Gasteiger partial charge is 0.0804 e. The Bertz CT molecular complexity index is 508. The second kappa shape index (κ2) is 5.78. The summed E-state index contributed by atoms with van der Waals surface area (Å²) in [5, 5.41) is 0. The van der Waals surface area contributed by atoms with E-state index in [1.54, 1.807) is 16.7 Å². The lowest BCUT2D eigenvalue weighted by Crippen LogP contribution is -2.29. The van der Waals surface area contributed by atoms with E-state index in [4.69, 9.17) is 0 Å². The Morgan fingerprint density at radius 2 is 1.57 bits per heavy atom. The van der Waals surface area contributed by atoms with Gasteiger partial charge in [0, 0.05) is 5.92 Å². The van der Waals surface area contributed by atoms with Crippen molar-refractivity contribution < 1.29 is 0 Å². The Kier molecular flexibility index (Phi) is 3.81. The normalized spacial score (nSPS) is 30.9. The average Bonchev–Trinajstić information content (AvgIpc) is 2.56. The van der Waals surface area contributed by atoms with Crippen molar-refractivity contribution >= 4 is 0 Å². The molecule has 0 aromatic heterocycles. The maximum absolute atomic E-state index is 2.64. The van der Waals surface area contributed by atoms with E-state index in [0.29, 0.717) is 0 Å². The topological polar surface area (TPSA) is 0 Å². The van der Waals surface area contributed by atoms with Crippen molar-refractivity contribution in [1.29, 1.82) is 0 Å². The van der Waals surface area contributed by atoms with E-state index < -0.39 is 0 Å². The molecular formula is C21H30. The van der Waals surface area contributed by atoms with Gasteiger partial charge in [-0.25, -0.2) is 0 Å². The Hall–Kier alpha value is -0.780. The number of fused-ring (bicyclic) bond motifs is 1. The average molecular weight is 282 g/mol. The first-order valence-corrected chi connectivity index (χ1v) is 9.48. The van der Waals surface area contributed by atoms with Crippen molar-refractivity contribution in [2.75, 3.05) is 0 Å². The fraction of sp³-hybridized carbons (Fsp3) is 0.714. The molecule has 0 spiro atoms. The third kappa shape index (κ3) is 2.35. The van der Waals surface area contributed by atoms with Crippen LogP contribution in [0.1, 0.15) is 84.0 Å². The molecule has 114 valence electrons. The van der Waals surface area contributed by atoms with Gasteiger partial charge in [-0.05, 0) is 92.9 Å². The Labute approximate surface area is 130 Å². The van der Waals surface area contributed by atoms with Gasteiger partial charge in [0.2, 0.25) is 0 Å². The molecule has 0 aromatic carbocycles. The molecule has 1 fully saturated rings. The van der Waals surface area contributed by atoms with Crippen LogP contribution in [0.15, 0.2) is 33.9 Å². The summed E-state index contributed by atoms with van der Waals surface area (Å²) in [5.74, 6) is 1.80. The first-order valence-electron chi connectivity index (χ1n) is 9.48. The molecule has 0 heterocycles. The summed E-state index contributed by atoms with van der Waals surface area (Å²) < 4.78 is 0. The molecular weight excluding hydrogens is 252 g/mol. The highest BCUT2D eigenvalue weighted by atomic mass is 14.4. The molecule has 21 heavy (non-hydrogen) atoms. The van der Waals surface area contributed by atoms with Crippen LogP contribution in [-0.2, 0) is 0 Å². The van der Waals surface area contributed by atoms with Crippen LogP contribution < -0.4 is 0 Å². The zero-order chi connectivity index (χ0) is 14.2. The third-order valence-corrected chi connectivity index (χ3v) is 6.59. The van der Waals surface area contributed by atoms with Crippen LogP contribution >= 0.6 is 0 Å². The highest BCUT2D eigenvalue weighted by Gasteiger charge is 2.37. The van der Waals surface area contributed by atoms with Gasteiger partial charge in [-0.1, -0.05) is 30.9 Å². The van der Waals surface area contributed by atoms with E-state index in [1.165, 1.54) is 77.0 Å². The molecule has 4 rings (SSSR count). The number of allylic oxidation sites excluding steroid dienone is 6. The lowest BCUT2D eigenvalue weighted by molar-refractivity contribution is 0.291. The van der Waals surface area contributed by atoms with Gasteiger partial charge in [0.25, 0.3) is 0 Å². The molecule has 0 saturated heterocycles. The van der Waals surface area contributed by atoms with E-state index in [2.05, 4.69) is 13.0 Å². The molecule has 0 amide bonds. The summed E-state index contributed by atoms with van der Waals surface area (Å²) in [6.45, 7) is 2.44. The number of rotatable bonds is 1. The van der Waals surface area contributed by atoms with Crippen LogP contribution in [0.25, 0.3) is 0 Å². The van der Waals surface area contributed by atoms with Crippen molar-refractivity contribution in [2.45, 2.75) is 84.0 Å². The highest BCUT2D eigenvalue weighted by molar-refractivity contribution is 5.56. The molecule has 1 saturated carbocycles. The van der Waals surface area contributed by atoms with E-state index in [1.807, 2.05) is 11.1 Å². The van der Waals surface area contributed by atoms with Gasteiger partial charge in [-0.15, -0.1) is 0 Å². The smallest absolute Gasteiger partial charge is 0.00820 e. The SMILES string of the molecule is CC1=C2CCCC=C2C(C2CCCCC2)C2=C1CCCC2. The summed E-state index contributed by atoms with van der Waals surface area (Å²) in [4.78, 5) is 0. The lowest BCUT2D eigenvalue weighted by atomic mass is 9.62. The molecule has 1 unspecified atom stereocenters. The molecule has 0 radical (unpaired) electrons. The minimum Gasteiger partial charge on any atom is -0.0804 e. The Morgan fingerprint density at radius 1 is 0.810 bits per heavy atom. The second-order valence-electron chi connectivity index (χ2n) is 7.74. The standard InChI is InChI=1S/C21H30/c1-15-17-11-5-7-13-19(17)21(16-9-3-2-4-10-16)20-14-8-6-12-18(15)20/h13,16,21H,2-12,14H2,1H3. The molecule has 0 nitrogen and oxygen atoms in total. The summed E-state index contributed by atoms with van der Waals surface area (Å²) in [5.41, 5.74) is 8.97. The van der Waals surface area contributed by atoms with Gasteiger partial charge >= 0.3 is 0 Å². The fourth-order valence-electron chi connectivity index (χ4n) is 5.60. The first kappa shape index (κ1) is 13.9. The fourth-order valence-corrected chi connectivity index (χ4v) is 5.60. The van der Waals surface area contributed by atoms with Gasteiger partial charge in [0.1, 0.15) is 0 Å². The highest BCUT2D eigenvalue weighted by Crippen LogP contribution is 2.52. The zero-order valence-corrected chi connectivity index (χ0v) is 13.7. The molecule has 4 aliphatic rings. The van der Waals surface area contributed by atoms with Crippen LogP contribution in [0.3, 0.4) is 0 Å². The summed E-state index contributed by atoms with van der Waals surface area (Å²) in [7, 11) is 0. The van der Waals surface area contributed by atoms with E-state index in [9.17, 15) is 0 Å². The van der Waals surface area contributed by atoms with Crippen molar-refractivity contribution in [3.05, 3.63) is 33.9 Å². The Morgan fingerprint density at radius 3 is 2.43 bits per heavy atom.